The highest BCUT2D eigenvalue weighted by Gasteiger charge is 2.43. The average Bonchev–Trinajstić information content (AvgIpc) is 2.69. The van der Waals surface area contributed by atoms with Crippen LogP contribution in [-0.2, 0) is 9.30 Å². The number of carbonyl (C=O) groups is 1. The molecule has 3 unspecified atom stereocenters. The summed E-state index contributed by atoms with van der Waals surface area (Å²) in [5.74, 6) is -0.572. The van der Waals surface area contributed by atoms with Gasteiger partial charge in [-0.15, -0.1) is 0 Å². The van der Waals surface area contributed by atoms with Gasteiger partial charge in [0.2, 0.25) is 0 Å². The lowest BCUT2D eigenvalue weighted by Gasteiger charge is -2.39. The minimum absolute atomic E-state index is 0.146. The van der Waals surface area contributed by atoms with E-state index in [9.17, 15) is 14.5 Å². The number of morpholine rings is 1. The molecule has 1 saturated carbocycles. The third-order valence-electron chi connectivity index (χ3n) is 5.54. The van der Waals surface area contributed by atoms with Crippen molar-refractivity contribution in [3.05, 3.63) is 35.4 Å². The molecule has 1 aromatic rings. The highest BCUT2D eigenvalue weighted by molar-refractivity contribution is 7.25. The summed E-state index contributed by atoms with van der Waals surface area (Å²) >= 11 is 0. The van der Waals surface area contributed by atoms with Crippen LogP contribution >= 0.6 is 8.46 Å². The van der Waals surface area contributed by atoms with Crippen LogP contribution in [0.5, 0.6) is 0 Å². The van der Waals surface area contributed by atoms with Gasteiger partial charge in [0.15, 0.2) is 13.8 Å². The van der Waals surface area contributed by atoms with Gasteiger partial charge in [0, 0.05) is 6.54 Å². The molecule has 0 aromatic heterocycles. The Hall–Kier alpha value is -1.33. The van der Waals surface area contributed by atoms with Gasteiger partial charge in [0.25, 0.3) is 0 Å². The zero-order valence-electron chi connectivity index (χ0n) is 14.8. The average molecular weight is 379 g/mol. The lowest BCUT2D eigenvalue weighted by atomic mass is 9.84. The van der Waals surface area contributed by atoms with E-state index in [1.54, 1.807) is 18.2 Å². The van der Waals surface area contributed by atoms with Gasteiger partial charge in [-0.25, -0.2) is 4.79 Å². The number of carboxylic acid groups (broad SMARTS) is 1. The Morgan fingerprint density at radius 1 is 1.31 bits per heavy atom. The molecule has 1 heterocycles. The van der Waals surface area contributed by atoms with Gasteiger partial charge in [0.1, 0.15) is 6.10 Å². The minimum Gasteiger partial charge on any atom is -0.478 e. The number of rotatable bonds is 6. The van der Waals surface area contributed by atoms with E-state index in [0.29, 0.717) is 25.5 Å². The fourth-order valence-electron chi connectivity index (χ4n) is 4.02. The first-order valence-corrected chi connectivity index (χ1v) is 10.1. The number of ether oxygens (including phenoxy) is 1. The molecule has 2 fully saturated rings. The third kappa shape index (κ3) is 4.49. The summed E-state index contributed by atoms with van der Waals surface area (Å²) in [6.45, 7) is 0.677. The molecule has 3 atom stereocenters. The van der Waals surface area contributed by atoms with Gasteiger partial charge < -0.3 is 20.3 Å². The summed E-state index contributed by atoms with van der Waals surface area (Å²) in [7, 11) is -0.294. The molecule has 7 heteroatoms. The number of nitrogens with one attached hydrogen (secondary N) is 1. The van der Waals surface area contributed by atoms with E-state index in [-0.39, 0.29) is 20.1 Å². The van der Waals surface area contributed by atoms with Crippen molar-refractivity contribution in [1.82, 2.24) is 5.32 Å². The van der Waals surface area contributed by atoms with Crippen LogP contribution in [0.3, 0.4) is 0 Å². The summed E-state index contributed by atoms with van der Waals surface area (Å²) in [5.41, 5.74) is 1.07. The lowest BCUT2D eigenvalue weighted by molar-refractivity contribution is -0.0949. The van der Waals surface area contributed by atoms with Crippen molar-refractivity contribution in [3.8, 4) is 0 Å². The predicted molar refractivity (Wildman–Crippen MR) is 97.6 cm³/mol. The number of benzene rings is 1. The zero-order valence-corrected chi connectivity index (χ0v) is 15.7. The van der Waals surface area contributed by atoms with Crippen LogP contribution in [0, 0.1) is 5.92 Å². The van der Waals surface area contributed by atoms with Gasteiger partial charge >= 0.3 is 5.97 Å². The molecule has 1 aromatic carbocycles. The normalized spacial score (nSPS) is 27.1. The molecular weight excluding hydrogens is 353 g/mol. The van der Waals surface area contributed by atoms with Crippen molar-refractivity contribution in [2.45, 2.75) is 56.0 Å². The molecule has 1 aliphatic heterocycles. The Bertz CT molecular complexity index is 641. The van der Waals surface area contributed by atoms with E-state index in [4.69, 9.17) is 9.84 Å². The molecule has 26 heavy (non-hydrogen) atoms. The number of hydrogen-bond donors (Lipinski definition) is 3. The van der Waals surface area contributed by atoms with E-state index in [0.717, 1.165) is 18.4 Å². The molecule has 3 N–H and O–H groups in total. The molecular formula is C19H26NO5P. The summed E-state index contributed by atoms with van der Waals surface area (Å²) in [6.07, 6.45) is 5.67. The van der Waals surface area contributed by atoms with Crippen molar-refractivity contribution < 1.29 is 24.3 Å². The lowest BCUT2D eigenvalue weighted by Crippen LogP contribution is -2.52. The van der Waals surface area contributed by atoms with Crippen LogP contribution in [0.2, 0.25) is 0 Å². The summed E-state index contributed by atoms with van der Waals surface area (Å²) in [6, 6.07) is 6.60. The van der Waals surface area contributed by atoms with Gasteiger partial charge in [-0.1, -0.05) is 44.2 Å². The number of hydrogen-bond acceptors (Lipinski definition) is 5. The molecule has 2 aliphatic rings. The molecule has 0 radical (unpaired) electrons. The number of aliphatic hydroxyl groups is 1. The first-order valence-electron chi connectivity index (χ1n) is 9.27. The largest absolute Gasteiger partial charge is 0.478 e. The van der Waals surface area contributed by atoms with Crippen molar-refractivity contribution in [1.29, 1.82) is 0 Å². The van der Waals surface area contributed by atoms with E-state index in [2.05, 4.69) is 5.32 Å². The Balaban J connectivity index is 1.62. The zero-order chi connectivity index (χ0) is 18.6. The van der Waals surface area contributed by atoms with Gasteiger partial charge in [-0.3, -0.25) is 4.57 Å². The smallest absolute Gasteiger partial charge is 0.335 e. The first kappa shape index (κ1) is 19.4. The van der Waals surface area contributed by atoms with Crippen LogP contribution < -0.4 is 5.32 Å². The topological polar surface area (TPSA) is 95.9 Å². The second kappa shape index (κ2) is 8.57. The van der Waals surface area contributed by atoms with Crippen molar-refractivity contribution in [3.63, 3.8) is 0 Å². The van der Waals surface area contributed by atoms with Crippen LogP contribution in [-0.4, -0.2) is 40.8 Å². The van der Waals surface area contributed by atoms with Gasteiger partial charge in [-0.2, -0.15) is 0 Å². The van der Waals surface area contributed by atoms with Crippen molar-refractivity contribution in [2.24, 2.45) is 5.92 Å². The summed E-state index contributed by atoms with van der Waals surface area (Å²) < 4.78 is 17.6. The predicted octanol–water partition coefficient (Wildman–Crippen LogP) is 3.37. The molecule has 1 saturated heterocycles. The van der Waals surface area contributed by atoms with Crippen LogP contribution in [0.25, 0.3) is 0 Å². The Kier molecular flexibility index (Phi) is 6.41. The van der Waals surface area contributed by atoms with Gasteiger partial charge in [0.05, 0.1) is 18.2 Å². The number of carboxylic acids is 1. The van der Waals surface area contributed by atoms with E-state index >= 15 is 0 Å². The van der Waals surface area contributed by atoms with Crippen molar-refractivity contribution in [2.75, 3.05) is 13.2 Å². The molecule has 142 valence electrons. The maximum Gasteiger partial charge on any atom is 0.335 e. The molecule has 0 spiro atoms. The maximum absolute atomic E-state index is 11.7. The van der Waals surface area contributed by atoms with E-state index in [1.807, 2.05) is 6.07 Å². The highest BCUT2D eigenvalue weighted by Crippen LogP contribution is 2.39. The first-order chi connectivity index (χ1) is 12.5. The fraction of sp³-hybridized carbons (Fsp3) is 0.632. The molecule has 0 bridgehead atoms. The second-order valence-corrected chi connectivity index (χ2v) is 8.35. The fourth-order valence-corrected chi connectivity index (χ4v) is 4.64. The monoisotopic (exact) mass is 379 g/mol. The van der Waals surface area contributed by atoms with Crippen molar-refractivity contribution >= 4 is 14.4 Å². The summed E-state index contributed by atoms with van der Waals surface area (Å²) in [5, 5.41) is 22.0. The van der Waals surface area contributed by atoms with Crippen LogP contribution in [0.4, 0.5) is 0 Å². The minimum atomic E-state index is -1.37. The van der Waals surface area contributed by atoms with E-state index in [1.165, 1.54) is 19.3 Å². The molecule has 1 aliphatic carbocycles. The second-order valence-electron chi connectivity index (χ2n) is 7.39. The maximum atomic E-state index is 11.7. The molecule has 0 amide bonds. The number of aromatic carboxylic acids is 1. The molecule has 6 nitrogen and oxygen atoms in total. The van der Waals surface area contributed by atoms with Crippen LogP contribution in [0.15, 0.2) is 24.3 Å². The third-order valence-corrected chi connectivity index (χ3v) is 6.32. The standard InChI is InChI=1S/C19H26NO5P/c21-18(22)15-8-4-7-14(9-15)16-12-25-17(11-20-16)19(23,26-24)10-13-5-2-1-3-6-13/h4,7-9,13,16-17,20,23H,1-3,5-6,10-12H2,(H,21,22). The Morgan fingerprint density at radius 2 is 2.08 bits per heavy atom. The van der Waals surface area contributed by atoms with Gasteiger partial charge in [-0.05, 0) is 30.0 Å². The van der Waals surface area contributed by atoms with Crippen LogP contribution in [0.1, 0.15) is 60.5 Å². The summed E-state index contributed by atoms with van der Waals surface area (Å²) in [4.78, 5) is 11.1. The molecule has 3 rings (SSSR count). The quantitative estimate of drug-likeness (QED) is 0.656. The Labute approximate surface area is 155 Å². The Morgan fingerprint density at radius 3 is 2.69 bits per heavy atom. The van der Waals surface area contributed by atoms with E-state index < -0.39 is 17.4 Å². The SMILES string of the molecule is O=PC(O)(CC1CCCCC1)C1CNC(c2cccc(C(=O)O)c2)CO1. The highest BCUT2D eigenvalue weighted by atomic mass is 31.1.